The molecule has 0 spiro atoms. The van der Waals surface area contributed by atoms with Crippen LogP contribution in [0.1, 0.15) is 12.5 Å². The molecule has 2 rings (SSSR count). The maximum atomic E-state index is 13.9. The molecule has 0 aliphatic rings. The zero-order valence-corrected chi connectivity index (χ0v) is 15.1. The van der Waals surface area contributed by atoms with Gasteiger partial charge in [0.15, 0.2) is 0 Å². The van der Waals surface area contributed by atoms with Crippen LogP contribution in [0.25, 0.3) is 0 Å². The molecule has 1 unspecified atom stereocenters. The molecular weight excluding hydrogens is 340 g/mol. The first-order chi connectivity index (χ1) is 12.3. The minimum atomic E-state index is -0.377. The Morgan fingerprint density at radius 2 is 1.85 bits per heavy atom. The molecule has 26 heavy (non-hydrogen) atoms. The summed E-state index contributed by atoms with van der Waals surface area (Å²) in [5.41, 5.74) is 1.16. The number of hydrogen-bond acceptors (Lipinski definition) is 3. The van der Waals surface area contributed by atoms with Crippen LogP contribution in [0.3, 0.4) is 0 Å². The van der Waals surface area contributed by atoms with Gasteiger partial charge < -0.3 is 20.3 Å². The van der Waals surface area contributed by atoms with E-state index in [-0.39, 0.29) is 36.9 Å². The van der Waals surface area contributed by atoms with Gasteiger partial charge in [0.2, 0.25) is 0 Å². The minimum absolute atomic E-state index is 0.210. The highest BCUT2D eigenvalue weighted by molar-refractivity contribution is 5.74. The summed E-state index contributed by atoms with van der Waals surface area (Å²) in [4.78, 5) is 13.6. The van der Waals surface area contributed by atoms with Crippen molar-refractivity contribution in [1.29, 1.82) is 0 Å². The number of hydrogen-bond donors (Lipinski definition) is 2. The summed E-state index contributed by atoms with van der Waals surface area (Å²) in [7, 11) is 3.53. The second-order valence-corrected chi connectivity index (χ2v) is 6.17. The molecular formula is C19H23F2N3O2. The summed E-state index contributed by atoms with van der Waals surface area (Å²) in [6, 6.07) is 9.86. The van der Waals surface area contributed by atoms with Crippen molar-refractivity contribution in [2.75, 3.05) is 25.6 Å². The number of ether oxygens (including phenoxy) is 1. The average molecular weight is 363 g/mol. The molecule has 0 fully saturated rings. The van der Waals surface area contributed by atoms with Gasteiger partial charge in [-0.3, -0.25) is 0 Å². The fraction of sp³-hybridized carbons (Fsp3) is 0.316. The number of carbonyl (C=O) groups is 1. The molecule has 1 atom stereocenters. The zero-order chi connectivity index (χ0) is 19.1. The van der Waals surface area contributed by atoms with E-state index < -0.39 is 0 Å². The lowest BCUT2D eigenvalue weighted by molar-refractivity contribution is 0.226. The number of benzene rings is 2. The molecule has 2 amide bonds. The second kappa shape index (κ2) is 9.03. The molecule has 2 N–H and O–H groups in total. The van der Waals surface area contributed by atoms with Crippen LogP contribution < -0.4 is 20.3 Å². The Hall–Kier alpha value is -2.83. The summed E-state index contributed by atoms with van der Waals surface area (Å²) < 4.78 is 32.2. The number of amides is 2. The Kier molecular flexibility index (Phi) is 6.77. The molecule has 2 aromatic carbocycles. The number of anilines is 1. The number of carbonyl (C=O) groups excluding carboxylic acids is 1. The van der Waals surface area contributed by atoms with Crippen molar-refractivity contribution in [3.8, 4) is 5.75 Å². The first-order valence-electron chi connectivity index (χ1n) is 8.23. The Bertz CT molecular complexity index is 736. The Balaban J connectivity index is 1.75. The van der Waals surface area contributed by atoms with Crippen LogP contribution in [0.2, 0.25) is 0 Å². The number of halogens is 2. The first-order valence-corrected chi connectivity index (χ1v) is 8.23. The lowest BCUT2D eigenvalue weighted by atomic mass is 10.2. The molecule has 7 heteroatoms. The third-order valence-corrected chi connectivity index (χ3v) is 3.64. The van der Waals surface area contributed by atoms with Gasteiger partial charge in [-0.25, -0.2) is 13.6 Å². The summed E-state index contributed by atoms with van der Waals surface area (Å²) in [5, 5.41) is 5.40. The largest absolute Gasteiger partial charge is 0.491 e. The van der Waals surface area contributed by atoms with E-state index >= 15 is 0 Å². The molecule has 0 bridgehead atoms. The van der Waals surface area contributed by atoms with E-state index in [1.807, 2.05) is 0 Å². The summed E-state index contributed by atoms with van der Waals surface area (Å²) >= 11 is 0. The van der Waals surface area contributed by atoms with Crippen molar-refractivity contribution in [3.63, 3.8) is 0 Å². The predicted octanol–water partition coefficient (Wildman–Crippen LogP) is 3.30. The van der Waals surface area contributed by atoms with Gasteiger partial charge in [0.05, 0.1) is 11.7 Å². The quantitative estimate of drug-likeness (QED) is 0.794. The molecule has 0 aromatic heterocycles. The van der Waals surface area contributed by atoms with Crippen molar-refractivity contribution in [1.82, 2.24) is 10.6 Å². The van der Waals surface area contributed by atoms with Crippen molar-refractivity contribution < 1.29 is 18.3 Å². The molecule has 140 valence electrons. The van der Waals surface area contributed by atoms with E-state index in [0.717, 1.165) is 0 Å². The highest BCUT2D eigenvalue weighted by atomic mass is 19.1. The number of nitrogens with one attached hydrogen (secondary N) is 2. The van der Waals surface area contributed by atoms with Gasteiger partial charge in [0.25, 0.3) is 0 Å². The molecule has 2 aromatic rings. The number of rotatable bonds is 7. The average Bonchev–Trinajstić information content (AvgIpc) is 2.59. The molecule has 0 radical (unpaired) electrons. The van der Waals surface area contributed by atoms with Crippen molar-refractivity contribution in [3.05, 3.63) is 59.7 Å². The monoisotopic (exact) mass is 363 g/mol. The van der Waals surface area contributed by atoms with Gasteiger partial charge in [-0.2, -0.15) is 0 Å². The van der Waals surface area contributed by atoms with Gasteiger partial charge in [-0.15, -0.1) is 0 Å². The van der Waals surface area contributed by atoms with Crippen molar-refractivity contribution in [2.24, 2.45) is 0 Å². The topological polar surface area (TPSA) is 53.6 Å². The third kappa shape index (κ3) is 5.91. The van der Waals surface area contributed by atoms with Gasteiger partial charge in [0.1, 0.15) is 24.0 Å². The van der Waals surface area contributed by atoms with Crippen LogP contribution in [0, 0.1) is 11.6 Å². The van der Waals surface area contributed by atoms with Gasteiger partial charge in [-0.05, 0) is 48.9 Å². The number of urea groups is 1. The minimum Gasteiger partial charge on any atom is -0.491 e. The van der Waals surface area contributed by atoms with Crippen molar-refractivity contribution in [2.45, 2.75) is 19.5 Å². The molecule has 0 heterocycles. The maximum Gasteiger partial charge on any atom is 0.315 e. The summed E-state index contributed by atoms with van der Waals surface area (Å²) in [6.07, 6.45) is 0. The van der Waals surface area contributed by atoms with Crippen LogP contribution in [0.15, 0.2) is 42.5 Å². The molecule has 0 saturated carbocycles. The summed E-state index contributed by atoms with van der Waals surface area (Å²) in [6.45, 7) is 2.24. The van der Waals surface area contributed by atoms with E-state index in [2.05, 4.69) is 10.6 Å². The van der Waals surface area contributed by atoms with Gasteiger partial charge in [0, 0.05) is 20.6 Å². The lowest BCUT2D eigenvalue weighted by Crippen LogP contribution is -2.43. The Morgan fingerprint density at radius 3 is 2.46 bits per heavy atom. The Labute approximate surface area is 152 Å². The zero-order valence-electron chi connectivity index (χ0n) is 15.1. The second-order valence-electron chi connectivity index (χ2n) is 6.17. The molecule has 0 saturated heterocycles. The van der Waals surface area contributed by atoms with E-state index in [0.29, 0.717) is 17.0 Å². The van der Waals surface area contributed by atoms with Gasteiger partial charge >= 0.3 is 6.03 Å². The highest BCUT2D eigenvalue weighted by Gasteiger charge is 2.09. The maximum absolute atomic E-state index is 13.9. The normalized spacial score (nSPS) is 11.6. The van der Waals surface area contributed by atoms with Crippen LogP contribution in [0.5, 0.6) is 5.75 Å². The van der Waals surface area contributed by atoms with Crippen molar-refractivity contribution >= 4 is 11.7 Å². The number of nitrogens with zero attached hydrogens (tertiary/aromatic N) is 1. The van der Waals surface area contributed by atoms with E-state index in [4.69, 9.17) is 4.74 Å². The molecule has 0 aliphatic carbocycles. The molecule has 0 aliphatic heterocycles. The molecule has 5 nitrogen and oxygen atoms in total. The Morgan fingerprint density at radius 1 is 1.15 bits per heavy atom. The third-order valence-electron chi connectivity index (χ3n) is 3.64. The smallest absolute Gasteiger partial charge is 0.315 e. The van der Waals surface area contributed by atoms with Crippen LogP contribution in [-0.2, 0) is 6.54 Å². The first kappa shape index (κ1) is 19.5. The standard InChI is InChI=1S/C19H23F2N3O2/c1-13(12-26-16-7-5-15(20)6-8-16)23-19(25)22-11-14-4-9-18(24(2)3)17(21)10-14/h4-10,13H,11-12H2,1-3H3,(H2,22,23,25). The fourth-order valence-electron chi connectivity index (χ4n) is 2.27. The van der Waals surface area contributed by atoms with E-state index in [1.54, 1.807) is 38.1 Å². The predicted molar refractivity (Wildman–Crippen MR) is 97.5 cm³/mol. The summed E-state index contributed by atoms with van der Waals surface area (Å²) in [5.74, 6) is -0.148. The fourth-order valence-corrected chi connectivity index (χ4v) is 2.27. The van der Waals surface area contributed by atoms with Crippen LogP contribution in [0.4, 0.5) is 19.3 Å². The van der Waals surface area contributed by atoms with Crippen LogP contribution >= 0.6 is 0 Å². The lowest BCUT2D eigenvalue weighted by Gasteiger charge is -2.16. The van der Waals surface area contributed by atoms with E-state index in [1.165, 1.54) is 30.3 Å². The van der Waals surface area contributed by atoms with Crippen LogP contribution in [-0.4, -0.2) is 32.8 Å². The highest BCUT2D eigenvalue weighted by Crippen LogP contribution is 2.18. The SMILES string of the molecule is CC(COc1ccc(F)cc1)NC(=O)NCc1ccc(N(C)C)c(F)c1. The van der Waals surface area contributed by atoms with Gasteiger partial charge in [-0.1, -0.05) is 6.07 Å². The van der Waals surface area contributed by atoms with E-state index in [9.17, 15) is 13.6 Å².